The lowest BCUT2D eigenvalue weighted by molar-refractivity contribution is 0.0551. The van der Waals surface area contributed by atoms with Crippen LogP contribution in [0.15, 0.2) is 42.5 Å². The Hall–Kier alpha value is -2.86. The Morgan fingerprint density at radius 1 is 1.00 bits per heavy atom. The molecular formula is C23H25NO5. The molecule has 0 aromatic heterocycles. The third-order valence-electron chi connectivity index (χ3n) is 6.08. The van der Waals surface area contributed by atoms with Gasteiger partial charge in [-0.2, -0.15) is 0 Å². The number of ether oxygens (including phenoxy) is 3. The Labute approximate surface area is 170 Å². The Morgan fingerprint density at radius 3 is 2.34 bits per heavy atom. The lowest BCUT2D eigenvalue weighted by atomic mass is 9.73. The van der Waals surface area contributed by atoms with Crippen molar-refractivity contribution in [3.8, 4) is 5.75 Å². The summed E-state index contributed by atoms with van der Waals surface area (Å²) in [5.74, 6) is -0.687. The highest BCUT2D eigenvalue weighted by molar-refractivity contribution is 6.05. The number of carbonyl (C=O) groups is 2. The smallest absolute Gasteiger partial charge is 0.342 e. The number of hydrogen-bond donors (Lipinski definition) is 0. The van der Waals surface area contributed by atoms with E-state index in [0.29, 0.717) is 12.4 Å². The van der Waals surface area contributed by atoms with Crippen molar-refractivity contribution in [3.05, 3.63) is 64.7 Å². The zero-order valence-electron chi connectivity index (χ0n) is 16.8. The second kappa shape index (κ2) is 7.87. The average molecular weight is 395 g/mol. The summed E-state index contributed by atoms with van der Waals surface area (Å²) in [6.07, 6.45) is 1.87. The predicted molar refractivity (Wildman–Crippen MR) is 107 cm³/mol. The third kappa shape index (κ3) is 3.49. The van der Waals surface area contributed by atoms with Crippen molar-refractivity contribution in [1.82, 2.24) is 4.90 Å². The molecule has 0 atom stereocenters. The van der Waals surface area contributed by atoms with Crippen LogP contribution in [0.2, 0.25) is 0 Å². The molecule has 152 valence electrons. The minimum absolute atomic E-state index is 0.139. The van der Waals surface area contributed by atoms with Gasteiger partial charge in [0.1, 0.15) is 11.3 Å². The topological polar surface area (TPSA) is 65.1 Å². The zero-order valence-corrected chi connectivity index (χ0v) is 16.8. The van der Waals surface area contributed by atoms with Gasteiger partial charge in [0.15, 0.2) is 0 Å². The number of rotatable bonds is 4. The quantitative estimate of drug-likeness (QED) is 0.741. The van der Waals surface area contributed by atoms with Crippen LogP contribution in [-0.4, -0.2) is 50.8 Å². The molecule has 2 aliphatic rings. The molecule has 0 saturated carbocycles. The van der Waals surface area contributed by atoms with Gasteiger partial charge in [-0.1, -0.05) is 36.4 Å². The molecule has 1 saturated heterocycles. The van der Waals surface area contributed by atoms with Gasteiger partial charge in [-0.25, -0.2) is 9.59 Å². The van der Waals surface area contributed by atoms with Crippen LogP contribution in [0, 0.1) is 0 Å². The molecular weight excluding hydrogens is 370 g/mol. The van der Waals surface area contributed by atoms with Crippen LogP contribution in [0.5, 0.6) is 5.75 Å². The molecule has 1 spiro atoms. The maximum atomic E-state index is 12.4. The van der Waals surface area contributed by atoms with Gasteiger partial charge in [0.25, 0.3) is 0 Å². The van der Waals surface area contributed by atoms with E-state index in [4.69, 9.17) is 14.2 Å². The van der Waals surface area contributed by atoms with Crippen LogP contribution in [0.25, 0.3) is 0 Å². The number of benzene rings is 2. The Balaban J connectivity index is 1.59. The minimum Gasteiger partial charge on any atom is -0.491 e. The molecule has 0 N–H and O–H groups in total. The van der Waals surface area contributed by atoms with E-state index in [2.05, 4.69) is 29.2 Å². The maximum absolute atomic E-state index is 12.4. The van der Waals surface area contributed by atoms with Crippen LogP contribution in [0.1, 0.15) is 44.7 Å². The van der Waals surface area contributed by atoms with E-state index in [1.807, 2.05) is 12.1 Å². The van der Waals surface area contributed by atoms with Crippen LogP contribution in [0.3, 0.4) is 0 Å². The summed E-state index contributed by atoms with van der Waals surface area (Å²) in [7, 11) is 2.59. The molecule has 0 amide bonds. The van der Waals surface area contributed by atoms with Gasteiger partial charge in [-0.05, 0) is 37.6 Å². The SMILES string of the molecule is COC(=O)c1ccc2c(c1C(=O)OC)OCC21CCN(Cc2ccccc2)CC1. The number of likely N-dealkylation sites (tertiary alicyclic amines) is 1. The van der Waals surface area contributed by atoms with Gasteiger partial charge in [0.2, 0.25) is 0 Å². The van der Waals surface area contributed by atoms with Crippen molar-refractivity contribution < 1.29 is 23.8 Å². The largest absolute Gasteiger partial charge is 0.491 e. The normalized spacial score (nSPS) is 17.4. The first kappa shape index (κ1) is 19.5. The second-order valence-electron chi connectivity index (χ2n) is 7.68. The van der Waals surface area contributed by atoms with E-state index < -0.39 is 11.9 Å². The van der Waals surface area contributed by atoms with E-state index in [1.165, 1.54) is 19.8 Å². The Morgan fingerprint density at radius 2 is 1.69 bits per heavy atom. The van der Waals surface area contributed by atoms with Crippen LogP contribution in [-0.2, 0) is 21.4 Å². The highest BCUT2D eigenvalue weighted by Gasteiger charge is 2.45. The minimum atomic E-state index is -0.583. The summed E-state index contributed by atoms with van der Waals surface area (Å²) in [4.78, 5) is 27.0. The molecule has 0 unspecified atom stereocenters. The van der Waals surface area contributed by atoms with E-state index >= 15 is 0 Å². The highest BCUT2D eigenvalue weighted by Crippen LogP contribution is 2.48. The molecule has 0 radical (unpaired) electrons. The molecule has 6 nitrogen and oxygen atoms in total. The van der Waals surface area contributed by atoms with Crippen molar-refractivity contribution in [3.63, 3.8) is 0 Å². The zero-order chi connectivity index (χ0) is 20.4. The average Bonchev–Trinajstić information content (AvgIpc) is 3.12. The molecule has 6 heteroatoms. The highest BCUT2D eigenvalue weighted by atomic mass is 16.5. The summed E-state index contributed by atoms with van der Waals surface area (Å²) < 4.78 is 15.8. The van der Waals surface area contributed by atoms with Crippen molar-refractivity contribution in [1.29, 1.82) is 0 Å². The van der Waals surface area contributed by atoms with Crippen molar-refractivity contribution in [2.75, 3.05) is 33.9 Å². The molecule has 2 aliphatic heterocycles. The van der Waals surface area contributed by atoms with Gasteiger partial charge in [0.05, 0.1) is 26.4 Å². The summed E-state index contributed by atoms with van der Waals surface area (Å²) in [5, 5.41) is 0. The van der Waals surface area contributed by atoms with Crippen molar-refractivity contribution >= 4 is 11.9 Å². The number of carbonyl (C=O) groups excluding carboxylic acids is 2. The summed E-state index contributed by atoms with van der Waals surface area (Å²) in [5.41, 5.74) is 2.50. The predicted octanol–water partition coefficient (Wildman–Crippen LogP) is 3.19. The lowest BCUT2D eigenvalue weighted by Gasteiger charge is -2.38. The number of nitrogens with zero attached hydrogens (tertiary/aromatic N) is 1. The van der Waals surface area contributed by atoms with E-state index in [0.717, 1.165) is 38.0 Å². The number of piperidine rings is 1. The summed E-state index contributed by atoms with van der Waals surface area (Å²) in [6.45, 7) is 3.34. The fourth-order valence-electron chi connectivity index (χ4n) is 4.42. The number of methoxy groups -OCH3 is 2. The third-order valence-corrected chi connectivity index (χ3v) is 6.08. The molecule has 2 aromatic carbocycles. The molecule has 2 heterocycles. The summed E-state index contributed by atoms with van der Waals surface area (Å²) >= 11 is 0. The number of fused-ring (bicyclic) bond motifs is 2. The molecule has 0 aliphatic carbocycles. The Bertz CT molecular complexity index is 916. The molecule has 2 aromatic rings. The van der Waals surface area contributed by atoms with Crippen molar-refractivity contribution in [2.24, 2.45) is 0 Å². The maximum Gasteiger partial charge on any atom is 0.342 e. The van der Waals surface area contributed by atoms with E-state index in [-0.39, 0.29) is 16.5 Å². The second-order valence-corrected chi connectivity index (χ2v) is 7.68. The van der Waals surface area contributed by atoms with E-state index in [9.17, 15) is 9.59 Å². The van der Waals surface area contributed by atoms with Crippen LogP contribution < -0.4 is 4.74 Å². The molecule has 29 heavy (non-hydrogen) atoms. The first-order valence-corrected chi connectivity index (χ1v) is 9.81. The number of hydrogen-bond acceptors (Lipinski definition) is 6. The number of esters is 2. The van der Waals surface area contributed by atoms with Crippen LogP contribution >= 0.6 is 0 Å². The fourth-order valence-corrected chi connectivity index (χ4v) is 4.42. The van der Waals surface area contributed by atoms with Crippen molar-refractivity contribution in [2.45, 2.75) is 24.8 Å². The van der Waals surface area contributed by atoms with Gasteiger partial charge in [-0.3, -0.25) is 4.90 Å². The fraction of sp³-hybridized carbons (Fsp3) is 0.391. The first-order valence-electron chi connectivity index (χ1n) is 9.81. The molecule has 1 fully saturated rings. The van der Waals surface area contributed by atoms with Gasteiger partial charge >= 0.3 is 11.9 Å². The van der Waals surface area contributed by atoms with E-state index in [1.54, 1.807) is 6.07 Å². The monoisotopic (exact) mass is 395 g/mol. The van der Waals surface area contributed by atoms with Gasteiger partial charge in [0, 0.05) is 17.5 Å². The first-order chi connectivity index (χ1) is 14.1. The van der Waals surface area contributed by atoms with Crippen LogP contribution in [0.4, 0.5) is 0 Å². The molecule has 0 bridgehead atoms. The van der Waals surface area contributed by atoms with Gasteiger partial charge in [-0.15, -0.1) is 0 Å². The lowest BCUT2D eigenvalue weighted by Crippen LogP contribution is -2.43. The standard InChI is InChI=1S/C23H25NO5/c1-27-21(25)17-8-9-18-20(19(17)22(26)28-2)29-15-23(18)10-12-24(13-11-23)14-16-6-4-3-5-7-16/h3-9H,10-15H2,1-2H3. The Kier molecular flexibility index (Phi) is 5.28. The van der Waals surface area contributed by atoms with Gasteiger partial charge < -0.3 is 14.2 Å². The molecule has 4 rings (SSSR count). The summed E-state index contributed by atoms with van der Waals surface area (Å²) in [6, 6.07) is 14.0.